The molecule has 0 unspecified atom stereocenters. The van der Waals surface area contributed by atoms with Gasteiger partial charge in [0.1, 0.15) is 11.4 Å². The molecule has 4 rings (SSSR count). The predicted octanol–water partition coefficient (Wildman–Crippen LogP) is 2.59. The number of hydrogen-bond acceptors (Lipinski definition) is 5. The van der Waals surface area contributed by atoms with Crippen molar-refractivity contribution in [1.82, 2.24) is 0 Å². The second kappa shape index (κ2) is 6.15. The Morgan fingerprint density at radius 1 is 1.08 bits per heavy atom. The molecule has 1 amide bonds. The van der Waals surface area contributed by atoms with Gasteiger partial charge in [-0.05, 0) is 41.8 Å². The van der Waals surface area contributed by atoms with Gasteiger partial charge < -0.3 is 15.4 Å². The molecular formula is C20H16N2O4. The SMILES string of the molecule is CCc1cccc(Nc2c(-c3ccc4c(c3)OCC(=O)N4)c(=O)c2=O)c1. The fourth-order valence-electron chi connectivity index (χ4n) is 3.03. The molecule has 0 spiro atoms. The highest BCUT2D eigenvalue weighted by Crippen LogP contribution is 2.34. The third-order valence-corrected chi connectivity index (χ3v) is 4.42. The van der Waals surface area contributed by atoms with Crippen LogP contribution in [0.5, 0.6) is 5.75 Å². The number of anilines is 3. The number of carbonyl (C=O) groups excluding carboxylic acids is 1. The fraction of sp³-hybridized carbons (Fsp3) is 0.150. The van der Waals surface area contributed by atoms with E-state index in [1.54, 1.807) is 18.2 Å². The summed E-state index contributed by atoms with van der Waals surface area (Å²) in [6.07, 6.45) is 0.877. The van der Waals surface area contributed by atoms with Crippen LogP contribution in [0.3, 0.4) is 0 Å². The van der Waals surface area contributed by atoms with Crippen LogP contribution >= 0.6 is 0 Å². The summed E-state index contributed by atoms with van der Waals surface area (Å²) in [7, 11) is 0. The lowest BCUT2D eigenvalue weighted by Gasteiger charge is -2.20. The summed E-state index contributed by atoms with van der Waals surface area (Å²) in [4.78, 5) is 35.6. The van der Waals surface area contributed by atoms with Crippen molar-refractivity contribution in [3.05, 3.63) is 68.5 Å². The van der Waals surface area contributed by atoms with Crippen molar-refractivity contribution in [3.8, 4) is 16.9 Å². The van der Waals surface area contributed by atoms with Crippen LogP contribution in [-0.2, 0) is 11.2 Å². The smallest absolute Gasteiger partial charge is 0.262 e. The molecule has 0 aromatic heterocycles. The van der Waals surface area contributed by atoms with Gasteiger partial charge in [0.25, 0.3) is 11.3 Å². The van der Waals surface area contributed by atoms with Gasteiger partial charge in [0.05, 0.1) is 11.3 Å². The number of benzene rings is 2. The van der Waals surface area contributed by atoms with Crippen LogP contribution in [0.25, 0.3) is 11.1 Å². The van der Waals surface area contributed by atoms with Crippen LogP contribution < -0.4 is 26.2 Å². The summed E-state index contributed by atoms with van der Waals surface area (Å²) >= 11 is 0. The lowest BCUT2D eigenvalue weighted by Crippen LogP contribution is -2.35. The van der Waals surface area contributed by atoms with E-state index < -0.39 is 10.9 Å². The molecule has 0 fully saturated rings. The summed E-state index contributed by atoms with van der Waals surface area (Å²) in [6.45, 7) is 1.98. The summed E-state index contributed by atoms with van der Waals surface area (Å²) in [5.74, 6) is 0.256. The molecule has 0 saturated heterocycles. The number of amides is 1. The van der Waals surface area contributed by atoms with E-state index in [-0.39, 0.29) is 18.2 Å². The molecular weight excluding hydrogens is 332 g/mol. The molecule has 130 valence electrons. The number of aryl methyl sites for hydroxylation is 1. The summed E-state index contributed by atoms with van der Waals surface area (Å²) in [6, 6.07) is 12.7. The topological polar surface area (TPSA) is 84.5 Å². The monoisotopic (exact) mass is 348 g/mol. The van der Waals surface area contributed by atoms with Crippen LogP contribution in [0, 0.1) is 0 Å². The highest BCUT2D eigenvalue weighted by atomic mass is 16.5. The zero-order valence-corrected chi connectivity index (χ0v) is 14.1. The molecule has 1 aliphatic rings. The van der Waals surface area contributed by atoms with Gasteiger partial charge in [-0.3, -0.25) is 14.4 Å². The third-order valence-electron chi connectivity index (χ3n) is 4.42. The molecule has 0 aliphatic carbocycles. The zero-order chi connectivity index (χ0) is 18.3. The van der Waals surface area contributed by atoms with E-state index in [2.05, 4.69) is 10.6 Å². The van der Waals surface area contributed by atoms with Crippen molar-refractivity contribution in [3.63, 3.8) is 0 Å². The van der Waals surface area contributed by atoms with Crippen molar-refractivity contribution in [2.24, 2.45) is 0 Å². The largest absolute Gasteiger partial charge is 0.482 e. The summed E-state index contributed by atoms with van der Waals surface area (Å²) in [5.41, 5.74) is 2.58. The lowest BCUT2D eigenvalue weighted by atomic mass is 9.97. The van der Waals surface area contributed by atoms with E-state index in [1.165, 1.54) is 0 Å². The minimum absolute atomic E-state index is 0.0721. The minimum Gasteiger partial charge on any atom is -0.482 e. The van der Waals surface area contributed by atoms with E-state index in [4.69, 9.17) is 4.74 Å². The van der Waals surface area contributed by atoms with Crippen LogP contribution in [0.1, 0.15) is 12.5 Å². The first kappa shape index (κ1) is 16.1. The number of fused-ring (bicyclic) bond motifs is 1. The molecule has 0 bridgehead atoms. The average molecular weight is 348 g/mol. The Kier molecular flexibility index (Phi) is 3.80. The van der Waals surface area contributed by atoms with Crippen LogP contribution in [0.2, 0.25) is 0 Å². The highest BCUT2D eigenvalue weighted by Gasteiger charge is 2.24. The van der Waals surface area contributed by atoms with Gasteiger partial charge in [-0.25, -0.2) is 0 Å². The molecule has 26 heavy (non-hydrogen) atoms. The molecule has 3 aromatic rings. The van der Waals surface area contributed by atoms with E-state index in [0.717, 1.165) is 17.7 Å². The van der Waals surface area contributed by atoms with Gasteiger partial charge in [0.2, 0.25) is 5.43 Å². The van der Waals surface area contributed by atoms with E-state index in [0.29, 0.717) is 22.6 Å². The van der Waals surface area contributed by atoms with Crippen LogP contribution in [-0.4, -0.2) is 12.5 Å². The predicted molar refractivity (Wildman–Crippen MR) is 100 cm³/mol. The van der Waals surface area contributed by atoms with Gasteiger partial charge in [0.15, 0.2) is 6.61 Å². The summed E-state index contributed by atoms with van der Waals surface area (Å²) < 4.78 is 5.39. The number of nitrogens with one attached hydrogen (secondary N) is 2. The molecule has 6 nitrogen and oxygen atoms in total. The van der Waals surface area contributed by atoms with E-state index in [9.17, 15) is 14.4 Å². The molecule has 0 atom stereocenters. The Balaban J connectivity index is 1.70. The third kappa shape index (κ3) is 2.65. The maximum atomic E-state index is 12.1. The molecule has 6 heteroatoms. The van der Waals surface area contributed by atoms with Crippen molar-refractivity contribution in [1.29, 1.82) is 0 Å². The molecule has 3 aromatic carbocycles. The Morgan fingerprint density at radius 3 is 2.73 bits per heavy atom. The molecule has 0 radical (unpaired) electrons. The molecule has 1 heterocycles. The number of hydrogen-bond donors (Lipinski definition) is 2. The Morgan fingerprint density at radius 2 is 1.92 bits per heavy atom. The Bertz CT molecular complexity index is 1090. The number of ether oxygens (including phenoxy) is 1. The quantitative estimate of drug-likeness (QED) is 0.708. The van der Waals surface area contributed by atoms with Gasteiger partial charge in [-0.1, -0.05) is 25.1 Å². The van der Waals surface area contributed by atoms with E-state index >= 15 is 0 Å². The minimum atomic E-state index is -0.533. The fourth-order valence-corrected chi connectivity index (χ4v) is 3.03. The van der Waals surface area contributed by atoms with E-state index in [1.807, 2.05) is 31.2 Å². The van der Waals surface area contributed by atoms with Crippen LogP contribution in [0.15, 0.2) is 52.1 Å². The van der Waals surface area contributed by atoms with Crippen molar-refractivity contribution >= 4 is 23.0 Å². The Hall–Kier alpha value is -3.41. The van der Waals surface area contributed by atoms with Crippen molar-refractivity contribution in [2.45, 2.75) is 13.3 Å². The molecule has 0 saturated carbocycles. The standard InChI is InChI=1S/C20H16N2O4/c1-2-11-4-3-5-13(8-11)21-18-17(19(24)20(18)25)12-6-7-14-15(9-12)26-10-16(23)22-14/h3-9,21H,2,10H2,1H3,(H,22,23). The highest BCUT2D eigenvalue weighted by molar-refractivity contribution is 5.96. The van der Waals surface area contributed by atoms with Gasteiger partial charge in [0, 0.05) is 5.69 Å². The van der Waals surface area contributed by atoms with Crippen molar-refractivity contribution < 1.29 is 9.53 Å². The first-order chi connectivity index (χ1) is 12.6. The number of carbonyl (C=O) groups is 1. The number of rotatable bonds is 4. The second-order valence-electron chi connectivity index (χ2n) is 6.13. The maximum absolute atomic E-state index is 12.1. The first-order valence-electron chi connectivity index (χ1n) is 8.33. The molecule has 2 N–H and O–H groups in total. The zero-order valence-electron chi connectivity index (χ0n) is 14.1. The van der Waals surface area contributed by atoms with Gasteiger partial charge >= 0.3 is 0 Å². The first-order valence-corrected chi connectivity index (χ1v) is 8.33. The second-order valence-corrected chi connectivity index (χ2v) is 6.13. The summed E-state index contributed by atoms with van der Waals surface area (Å²) in [5, 5.41) is 5.77. The maximum Gasteiger partial charge on any atom is 0.262 e. The van der Waals surface area contributed by atoms with Crippen LogP contribution in [0.4, 0.5) is 17.1 Å². The van der Waals surface area contributed by atoms with Crippen molar-refractivity contribution in [2.75, 3.05) is 17.2 Å². The van der Waals surface area contributed by atoms with Gasteiger partial charge in [-0.2, -0.15) is 0 Å². The average Bonchev–Trinajstić information content (AvgIpc) is 2.67. The Labute approximate surface area is 149 Å². The molecule has 1 aliphatic heterocycles. The normalized spacial score (nSPS) is 13.0. The van der Waals surface area contributed by atoms with Gasteiger partial charge in [-0.15, -0.1) is 0 Å². The lowest BCUT2D eigenvalue weighted by molar-refractivity contribution is -0.118.